The lowest BCUT2D eigenvalue weighted by Crippen LogP contribution is -2.08. The fraction of sp³-hybridized carbons (Fsp3) is 0.143. The summed E-state index contributed by atoms with van der Waals surface area (Å²) in [5.74, 6) is 0. The van der Waals surface area contributed by atoms with E-state index < -0.39 is 20.0 Å². The van der Waals surface area contributed by atoms with Crippen LogP contribution in [-0.2, 0) is 24.1 Å². The summed E-state index contributed by atoms with van der Waals surface area (Å²) in [5, 5.41) is 0.409. The second-order valence-corrected chi connectivity index (χ2v) is 8.29. The first-order valence-corrected chi connectivity index (χ1v) is 9.54. The van der Waals surface area contributed by atoms with Crippen LogP contribution < -0.4 is 0 Å². The number of rotatable bonds is 5. The minimum absolute atomic E-state index is 0.0304. The first-order chi connectivity index (χ1) is 10.3. The van der Waals surface area contributed by atoms with Gasteiger partial charge < -0.3 is 0 Å². The van der Waals surface area contributed by atoms with Gasteiger partial charge in [-0.1, -0.05) is 17.7 Å². The largest absolute Gasteiger partial charge is 0.297 e. The summed E-state index contributed by atoms with van der Waals surface area (Å²) in [6, 6.07) is 10.7. The zero-order valence-electron chi connectivity index (χ0n) is 11.6. The third-order valence-electron chi connectivity index (χ3n) is 2.80. The van der Waals surface area contributed by atoms with Crippen LogP contribution in [0.25, 0.3) is 0 Å². The molecule has 0 aliphatic carbocycles. The lowest BCUT2D eigenvalue weighted by atomic mass is 10.4. The van der Waals surface area contributed by atoms with Gasteiger partial charge in [-0.2, -0.15) is 8.42 Å². The summed E-state index contributed by atoms with van der Waals surface area (Å²) in [7, 11) is -7.80. The van der Waals surface area contributed by atoms with Crippen LogP contribution in [0.3, 0.4) is 0 Å². The van der Waals surface area contributed by atoms with Gasteiger partial charge in [-0.15, -0.1) is 0 Å². The third kappa shape index (κ3) is 3.49. The van der Waals surface area contributed by atoms with E-state index in [2.05, 4.69) is 4.18 Å². The molecular formula is C14H13ClO5S2. The minimum Gasteiger partial charge on any atom is -0.267 e. The van der Waals surface area contributed by atoms with Gasteiger partial charge in [0.05, 0.1) is 21.3 Å². The molecule has 0 amide bonds. The molecule has 0 aliphatic rings. The number of halogens is 1. The van der Waals surface area contributed by atoms with E-state index in [-0.39, 0.29) is 21.3 Å². The Balaban J connectivity index is 2.51. The Labute approximate surface area is 134 Å². The van der Waals surface area contributed by atoms with Gasteiger partial charge in [-0.05, 0) is 49.4 Å². The molecule has 118 valence electrons. The Hall–Kier alpha value is -1.41. The molecule has 2 aromatic rings. The van der Waals surface area contributed by atoms with Crippen molar-refractivity contribution < 1.29 is 21.0 Å². The molecule has 0 N–H and O–H groups in total. The Morgan fingerprint density at radius 2 is 1.50 bits per heavy atom. The van der Waals surface area contributed by atoms with Crippen LogP contribution in [0.2, 0.25) is 5.02 Å². The van der Waals surface area contributed by atoms with Crippen molar-refractivity contribution in [1.29, 1.82) is 0 Å². The Morgan fingerprint density at radius 1 is 0.909 bits per heavy atom. The van der Waals surface area contributed by atoms with E-state index >= 15 is 0 Å². The van der Waals surface area contributed by atoms with Crippen molar-refractivity contribution in [2.45, 2.75) is 21.6 Å². The maximum atomic E-state index is 12.5. The molecule has 0 radical (unpaired) electrons. The Bertz CT molecular complexity index is 872. The molecule has 0 saturated heterocycles. The van der Waals surface area contributed by atoms with Crippen molar-refractivity contribution in [2.75, 3.05) is 6.61 Å². The maximum absolute atomic E-state index is 12.5. The highest BCUT2D eigenvalue weighted by Crippen LogP contribution is 2.25. The van der Waals surface area contributed by atoms with Gasteiger partial charge in [-0.25, -0.2) is 8.42 Å². The lowest BCUT2D eigenvalue weighted by molar-refractivity contribution is 0.338. The maximum Gasteiger partial charge on any atom is 0.297 e. The van der Waals surface area contributed by atoms with Gasteiger partial charge in [0.2, 0.25) is 9.84 Å². The van der Waals surface area contributed by atoms with Crippen molar-refractivity contribution >= 4 is 31.6 Å². The van der Waals surface area contributed by atoms with Gasteiger partial charge in [0.25, 0.3) is 10.1 Å². The molecule has 8 heteroatoms. The second kappa shape index (κ2) is 6.37. The summed E-state index contributed by atoms with van der Waals surface area (Å²) in [4.78, 5) is -0.303. The molecule has 0 atom stereocenters. The number of benzene rings is 2. The van der Waals surface area contributed by atoms with Gasteiger partial charge in [0, 0.05) is 5.02 Å². The molecule has 0 aliphatic heterocycles. The van der Waals surface area contributed by atoms with Crippen molar-refractivity contribution in [3.63, 3.8) is 0 Å². The Morgan fingerprint density at radius 3 is 2.09 bits per heavy atom. The fourth-order valence-corrected chi connectivity index (χ4v) is 4.24. The van der Waals surface area contributed by atoms with Gasteiger partial charge >= 0.3 is 0 Å². The molecule has 5 nitrogen and oxygen atoms in total. The van der Waals surface area contributed by atoms with Crippen LogP contribution in [0, 0.1) is 0 Å². The first-order valence-electron chi connectivity index (χ1n) is 6.27. The quantitative estimate of drug-likeness (QED) is 0.766. The topological polar surface area (TPSA) is 77.5 Å². The SMILES string of the molecule is CCOS(=O)(=O)c1cccc(S(=O)(=O)c2ccc(Cl)cc2)c1. The van der Waals surface area contributed by atoms with Crippen molar-refractivity contribution in [3.8, 4) is 0 Å². The zero-order valence-corrected chi connectivity index (χ0v) is 14.0. The predicted octanol–water partition coefficient (Wildman–Crippen LogP) is 2.90. The summed E-state index contributed by atoms with van der Waals surface area (Å²) in [6.45, 7) is 1.50. The van der Waals surface area contributed by atoms with E-state index in [0.29, 0.717) is 5.02 Å². The van der Waals surface area contributed by atoms with Gasteiger partial charge in [-0.3, -0.25) is 4.18 Å². The molecule has 0 aromatic heterocycles. The van der Waals surface area contributed by atoms with Crippen LogP contribution >= 0.6 is 11.6 Å². The smallest absolute Gasteiger partial charge is 0.267 e. The number of hydrogen-bond acceptors (Lipinski definition) is 5. The molecule has 0 fully saturated rings. The molecule has 0 unspecified atom stereocenters. The number of hydrogen-bond donors (Lipinski definition) is 0. The van der Waals surface area contributed by atoms with Crippen molar-refractivity contribution in [1.82, 2.24) is 0 Å². The van der Waals surface area contributed by atoms with Crippen LogP contribution in [0.15, 0.2) is 63.2 Å². The van der Waals surface area contributed by atoms with E-state index in [0.717, 1.165) is 6.07 Å². The average Bonchev–Trinajstić information content (AvgIpc) is 2.48. The van der Waals surface area contributed by atoms with Crippen LogP contribution in [0.1, 0.15) is 6.92 Å². The summed E-state index contributed by atoms with van der Waals surface area (Å²) in [6.07, 6.45) is 0. The summed E-state index contributed by atoms with van der Waals surface area (Å²) >= 11 is 5.74. The van der Waals surface area contributed by atoms with Crippen LogP contribution in [0.5, 0.6) is 0 Å². The van der Waals surface area contributed by atoms with E-state index in [9.17, 15) is 16.8 Å². The molecule has 0 heterocycles. The van der Waals surface area contributed by atoms with E-state index in [1.807, 2.05) is 0 Å². The summed E-state index contributed by atoms with van der Waals surface area (Å²) in [5.41, 5.74) is 0. The van der Waals surface area contributed by atoms with E-state index in [1.54, 1.807) is 0 Å². The molecule has 2 rings (SSSR count). The standard InChI is InChI=1S/C14H13ClO5S2/c1-2-20-22(18,19)14-5-3-4-13(10-14)21(16,17)12-8-6-11(15)7-9-12/h3-10H,2H2,1H3. The first kappa shape index (κ1) is 17.0. The van der Waals surface area contributed by atoms with Gasteiger partial charge in [0.15, 0.2) is 0 Å². The second-order valence-electron chi connectivity index (χ2n) is 4.29. The minimum atomic E-state index is -3.97. The highest BCUT2D eigenvalue weighted by Gasteiger charge is 2.21. The molecule has 2 aromatic carbocycles. The molecular weight excluding hydrogens is 348 g/mol. The van der Waals surface area contributed by atoms with Gasteiger partial charge in [0.1, 0.15) is 0 Å². The van der Waals surface area contributed by atoms with Crippen molar-refractivity contribution in [2.24, 2.45) is 0 Å². The van der Waals surface area contributed by atoms with Crippen LogP contribution in [-0.4, -0.2) is 23.4 Å². The zero-order chi connectivity index (χ0) is 16.4. The highest BCUT2D eigenvalue weighted by atomic mass is 35.5. The lowest BCUT2D eigenvalue weighted by Gasteiger charge is -2.08. The van der Waals surface area contributed by atoms with E-state index in [1.165, 1.54) is 49.4 Å². The third-order valence-corrected chi connectivity index (χ3v) is 6.20. The summed E-state index contributed by atoms with van der Waals surface area (Å²) < 4.78 is 53.4. The van der Waals surface area contributed by atoms with Crippen molar-refractivity contribution in [3.05, 3.63) is 53.6 Å². The fourth-order valence-electron chi connectivity index (χ4n) is 1.77. The van der Waals surface area contributed by atoms with E-state index in [4.69, 9.17) is 11.6 Å². The number of sulfone groups is 1. The molecule has 0 bridgehead atoms. The normalized spacial score (nSPS) is 12.3. The highest BCUT2D eigenvalue weighted by molar-refractivity contribution is 7.91. The molecule has 0 spiro atoms. The monoisotopic (exact) mass is 360 g/mol. The van der Waals surface area contributed by atoms with Crippen LogP contribution in [0.4, 0.5) is 0 Å². The predicted molar refractivity (Wildman–Crippen MR) is 82.2 cm³/mol. The average molecular weight is 361 g/mol. The molecule has 22 heavy (non-hydrogen) atoms. The molecule has 0 saturated carbocycles. The Kier molecular flexibility index (Phi) is 4.91.